The van der Waals surface area contributed by atoms with Crippen LogP contribution < -0.4 is 5.32 Å². The zero-order chi connectivity index (χ0) is 12.6. The predicted octanol–water partition coefficient (Wildman–Crippen LogP) is 0.588. The third-order valence-electron chi connectivity index (χ3n) is 1.81. The van der Waals surface area contributed by atoms with Crippen molar-refractivity contribution < 1.29 is 19.1 Å². The molecule has 0 bridgehead atoms. The second-order valence-corrected chi connectivity index (χ2v) is 3.53. The van der Waals surface area contributed by atoms with Crippen LogP contribution in [-0.2, 0) is 19.1 Å². The lowest BCUT2D eigenvalue weighted by Crippen LogP contribution is -2.38. The van der Waals surface area contributed by atoms with Crippen molar-refractivity contribution in [3.8, 4) is 0 Å². The van der Waals surface area contributed by atoms with Crippen LogP contribution in [-0.4, -0.2) is 30.3 Å². The lowest BCUT2D eigenvalue weighted by Gasteiger charge is -2.16. The SMILES string of the molecule is C=CC(=O)CCC(NC=O)C(=O)OC(C)C. The second-order valence-electron chi connectivity index (χ2n) is 3.53. The van der Waals surface area contributed by atoms with Gasteiger partial charge in [-0.25, -0.2) is 4.79 Å². The molecule has 5 nitrogen and oxygen atoms in total. The highest BCUT2D eigenvalue weighted by Crippen LogP contribution is 2.03. The van der Waals surface area contributed by atoms with Crippen molar-refractivity contribution in [3.63, 3.8) is 0 Å². The van der Waals surface area contributed by atoms with E-state index in [9.17, 15) is 14.4 Å². The molecular formula is C11H17NO4. The Kier molecular flexibility index (Phi) is 6.83. The van der Waals surface area contributed by atoms with Crippen LogP contribution in [0.25, 0.3) is 0 Å². The normalized spacial score (nSPS) is 11.7. The number of hydrogen-bond donors (Lipinski definition) is 1. The van der Waals surface area contributed by atoms with Crippen molar-refractivity contribution in [2.75, 3.05) is 0 Å². The summed E-state index contributed by atoms with van der Waals surface area (Å²) in [4.78, 5) is 32.7. The Labute approximate surface area is 94.8 Å². The van der Waals surface area contributed by atoms with Crippen LogP contribution in [0.1, 0.15) is 26.7 Å². The standard InChI is InChI=1S/C11H17NO4/c1-4-9(14)5-6-10(12-7-13)11(15)16-8(2)3/h4,7-8,10H,1,5-6H2,2-3H3,(H,12,13). The van der Waals surface area contributed by atoms with Gasteiger partial charge in [0.05, 0.1) is 6.10 Å². The van der Waals surface area contributed by atoms with E-state index in [0.717, 1.165) is 0 Å². The summed E-state index contributed by atoms with van der Waals surface area (Å²) in [6.07, 6.45) is 1.73. The fraction of sp³-hybridized carbons (Fsp3) is 0.545. The first-order valence-electron chi connectivity index (χ1n) is 5.06. The molecule has 16 heavy (non-hydrogen) atoms. The number of carbonyl (C=O) groups is 3. The number of esters is 1. The van der Waals surface area contributed by atoms with E-state index in [1.807, 2.05) is 0 Å². The van der Waals surface area contributed by atoms with E-state index in [4.69, 9.17) is 4.74 Å². The Morgan fingerprint density at radius 3 is 2.50 bits per heavy atom. The summed E-state index contributed by atoms with van der Waals surface area (Å²) >= 11 is 0. The molecule has 1 atom stereocenters. The molecule has 0 heterocycles. The van der Waals surface area contributed by atoms with Gasteiger partial charge in [-0.15, -0.1) is 0 Å². The maximum Gasteiger partial charge on any atom is 0.328 e. The van der Waals surface area contributed by atoms with Gasteiger partial charge >= 0.3 is 5.97 Å². The summed E-state index contributed by atoms with van der Waals surface area (Å²) < 4.78 is 4.93. The lowest BCUT2D eigenvalue weighted by molar-refractivity contribution is -0.150. The van der Waals surface area contributed by atoms with Gasteiger partial charge in [-0.1, -0.05) is 6.58 Å². The predicted molar refractivity (Wildman–Crippen MR) is 58.7 cm³/mol. The van der Waals surface area contributed by atoms with Crippen molar-refractivity contribution in [3.05, 3.63) is 12.7 Å². The van der Waals surface area contributed by atoms with Crippen molar-refractivity contribution in [1.82, 2.24) is 5.32 Å². The molecule has 90 valence electrons. The molecule has 0 aliphatic rings. The first-order chi connectivity index (χ1) is 7.51. The van der Waals surface area contributed by atoms with Crippen LogP contribution in [0.4, 0.5) is 0 Å². The number of carbonyl (C=O) groups excluding carboxylic acids is 3. The molecule has 1 N–H and O–H groups in total. The van der Waals surface area contributed by atoms with Crippen molar-refractivity contribution in [1.29, 1.82) is 0 Å². The maximum atomic E-state index is 11.5. The van der Waals surface area contributed by atoms with Gasteiger partial charge in [0, 0.05) is 6.42 Å². The van der Waals surface area contributed by atoms with E-state index in [-0.39, 0.29) is 24.7 Å². The van der Waals surface area contributed by atoms with Gasteiger partial charge in [0.25, 0.3) is 0 Å². The number of hydrogen-bond acceptors (Lipinski definition) is 4. The molecule has 1 unspecified atom stereocenters. The monoisotopic (exact) mass is 227 g/mol. The van der Waals surface area contributed by atoms with E-state index < -0.39 is 12.0 Å². The summed E-state index contributed by atoms with van der Waals surface area (Å²) in [5.41, 5.74) is 0. The van der Waals surface area contributed by atoms with Gasteiger partial charge in [-0.05, 0) is 26.3 Å². The molecule has 0 saturated heterocycles. The number of nitrogens with one attached hydrogen (secondary N) is 1. The first-order valence-corrected chi connectivity index (χ1v) is 5.06. The van der Waals surface area contributed by atoms with E-state index in [1.54, 1.807) is 13.8 Å². The third kappa shape index (κ3) is 5.95. The van der Waals surface area contributed by atoms with Crippen LogP contribution in [0.15, 0.2) is 12.7 Å². The fourth-order valence-electron chi connectivity index (χ4n) is 1.05. The molecule has 5 heteroatoms. The number of allylic oxidation sites excluding steroid dienone is 1. The molecule has 0 aliphatic heterocycles. The fourth-order valence-corrected chi connectivity index (χ4v) is 1.05. The maximum absolute atomic E-state index is 11.5. The molecule has 0 radical (unpaired) electrons. The van der Waals surface area contributed by atoms with Crippen molar-refractivity contribution >= 4 is 18.2 Å². The Hall–Kier alpha value is -1.65. The van der Waals surface area contributed by atoms with E-state index in [2.05, 4.69) is 11.9 Å². The highest BCUT2D eigenvalue weighted by Gasteiger charge is 2.20. The van der Waals surface area contributed by atoms with Gasteiger partial charge in [0.15, 0.2) is 5.78 Å². The molecule has 1 amide bonds. The Balaban J connectivity index is 4.24. The molecular weight excluding hydrogens is 210 g/mol. The average molecular weight is 227 g/mol. The van der Waals surface area contributed by atoms with E-state index >= 15 is 0 Å². The molecule has 0 saturated carbocycles. The highest BCUT2D eigenvalue weighted by atomic mass is 16.5. The van der Waals surface area contributed by atoms with Crippen molar-refractivity contribution in [2.24, 2.45) is 0 Å². The molecule has 0 fully saturated rings. The summed E-state index contributed by atoms with van der Waals surface area (Å²) in [6, 6.07) is -0.774. The van der Waals surface area contributed by atoms with Crippen LogP contribution in [0.3, 0.4) is 0 Å². The van der Waals surface area contributed by atoms with Gasteiger partial charge in [-0.3, -0.25) is 9.59 Å². The molecule has 0 rings (SSSR count). The molecule has 0 aromatic heterocycles. The quantitative estimate of drug-likeness (QED) is 0.374. The first kappa shape index (κ1) is 14.3. The van der Waals surface area contributed by atoms with Crippen LogP contribution in [0.5, 0.6) is 0 Å². The second kappa shape index (κ2) is 7.62. The Morgan fingerprint density at radius 1 is 1.44 bits per heavy atom. The zero-order valence-corrected chi connectivity index (χ0v) is 9.56. The molecule has 0 aromatic rings. The minimum Gasteiger partial charge on any atom is -0.461 e. The summed E-state index contributed by atoms with van der Waals surface area (Å²) in [5, 5.41) is 2.33. The van der Waals surface area contributed by atoms with Gasteiger partial charge < -0.3 is 10.1 Å². The van der Waals surface area contributed by atoms with Crippen LogP contribution in [0.2, 0.25) is 0 Å². The summed E-state index contributed by atoms with van der Waals surface area (Å²) in [5.74, 6) is -0.700. The lowest BCUT2D eigenvalue weighted by atomic mass is 10.1. The highest BCUT2D eigenvalue weighted by molar-refractivity contribution is 5.89. The number of amides is 1. The van der Waals surface area contributed by atoms with Gasteiger partial charge in [0.1, 0.15) is 6.04 Å². The number of ketones is 1. The minimum absolute atomic E-state index is 0.155. The molecule has 0 spiro atoms. The van der Waals surface area contributed by atoms with Crippen LogP contribution >= 0.6 is 0 Å². The van der Waals surface area contributed by atoms with Crippen LogP contribution in [0, 0.1) is 0 Å². The largest absolute Gasteiger partial charge is 0.461 e. The summed E-state index contributed by atoms with van der Waals surface area (Å²) in [6.45, 7) is 6.75. The number of ether oxygens (including phenoxy) is 1. The number of rotatable bonds is 8. The topological polar surface area (TPSA) is 72.5 Å². The third-order valence-corrected chi connectivity index (χ3v) is 1.81. The van der Waals surface area contributed by atoms with E-state index in [1.165, 1.54) is 6.08 Å². The Bertz CT molecular complexity index is 273. The molecule has 0 aliphatic carbocycles. The average Bonchev–Trinajstić information content (AvgIpc) is 2.22. The van der Waals surface area contributed by atoms with Crippen molar-refractivity contribution in [2.45, 2.75) is 38.8 Å². The smallest absolute Gasteiger partial charge is 0.328 e. The molecule has 0 aromatic carbocycles. The zero-order valence-electron chi connectivity index (χ0n) is 9.56. The minimum atomic E-state index is -0.774. The summed E-state index contributed by atoms with van der Waals surface area (Å²) in [7, 11) is 0. The van der Waals surface area contributed by atoms with E-state index in [0.29, 0.717) is 6.41 Å². The Morgan fingerprint density at radius 2 is 2.06 bits per heavy atom. The van der Waals surface area contributed by atoms with Gasteiger partial charge in [-0.2, -0.15) is 0 Å². The van der Waals surface area contributed by atoms with Gasteiger partial charge in [0.2, 0.25) is 6.41 Å².